The van der Waals surface area contributed by atoms with E-state index in [9.17, 15) is 4.79 Å². The molecule has 0 radical (unpaired) electrons. The molecule has 140 heavy (non-hydrogen) atoms. The second-order valence-electron chi connectivity index (χ2n) is 34.7. The Morgan fingerprint density at radius 1 is 0.193 bits per heavy atom. The quantitative estimate of drug-likeness (QED) is 0.0524. The average Bonchev–Trinajstić information content (AvgIpc) is 0.734. The molecule has 0 heterocycles. The lowest BCUT2D eigenvalue weighted by Crippen LogP contribution is -2.30. The lowest BCUT2D eigenvalue weighted by molar-refractivity contribution is 0.112. The first-order chi connectivity index (χ1) is 68.7. The van der Waals surface area contributed by atoms with Crippen LogP contribution in [0.15, 0.2) is 502 Å². The van der Waals surface area contributed by atoms with Crippen LogP contribution in [0.3, 0.4) is 0 Å². The molecule has 668 valence electrons. The third-order valence-corrected chi connectivity index (χ3v) is 30.1. The minimum atomic E-state index is -1.42. The summed E-state index contributed by atoms with van der Waals surface area (Å²) in [5.41, 5.74) is 29.1. The van der Waals surface area contributed by atoms with E-state index in [2.05, 4.69) is 456 Å². The summed E-state index contributed by atoms with van der Waals surface area (Å²) in [4.78, 5) is 11.5. The number of aldehydes is 1. The minimum absolute atomic E-state index is 0.531. The standard InChI is InChI=1S/C41H26O.C34H21Br.C24H15Br.C10H8BBrO2.C10H6Br2.C10H10N2/c42-26-27-10-7-13-30(24-27)32-18-8-20-34-33(32)19-9-21-35(34)41-38-16-5-3-14-36(38)40(37-15-4-6-17-39(37)41)31-23-22-28-11-1-2-12-29(28)25-31;35-32-18-8-15-25-26(32)16-7-17-27(25)34-30-13-5-3-11-28(30)33(29-12-4-6-14-31(29)34)24-20-19-22-9-1-2-10-23(22)21-24;25-24-21-11-5-3-9-19(21)23(20-10-4-6-12-22(20)24)18-14-13-16-7-1-2-8-17(16)15-18;12-10-6-2-3-7-8(10)4-1-5-9(7)11(13)14;2*11-9-5-1-3-7-8(9)4-2-6-10(7)12/h1-26H;1-21H;1-15H;1-6,13-14H;1-6H;1-6H,11-12H2. The van der Waals surface area contributed by atoms with Crippen LogP contribution in [-0.2, 0) is 0 Å². The van der Waals surface area contributed by atoms with Crippen molar-refractivity contribution in [2.45, 2.75) is 0 Å². The maximum atomic E-state index is 11.5. The fourth-order valence-corrected chi connectivity index (χ4v) is 22.7. The molecule has 26 rings (SSSR count). The maximum absolute atomic E-state index is 11.5. The number of halogens is 5. The largest absolute Gasteiger partial charge is 0.489 e. The number of carbonyl (C=O) groups excluding carboxylic acids is 1. The van der Waals surface area contributed by atoms with E-state index >= 15 is 0 Å². The molecule has 6 N–H and O–H groups in total. The van der Waals surface area contributed by atoms with Gasteiger partial charge in [0.15, 0.2) is 0 Å². The van der Waals surface area contributed by atoms with Crippen molar-refractivity contribution in [3.8, 4) is 66.8 Å². The summed E-state index contributed by atoms with van der Waals surface area (Å²) in [7, 11) is -1.42. The van der Waals surface area contributed by atoms with Gasteiger partial charge >= 0.3 is 7.12 Å². The van der Waals surface area contributed by atoms with Crippen molar-refractivity contribution in [1.29, 1.82) is 0 Å². The molecule has 26 aromatic rings. The lowest BCUT2D eigenvalue weighted by atomic mass is 9.77. The van der Waals surface area contributed by atoms with E-state index < -0.39 is 7.12 Å². The zero-order valence-electron chi connectivity index (χ0n) is 75.6. The molecule has 0 saturated heterocycles. The Hall–Kier alpha value is -15.0. The molecule has 5 nitrogen and oxygen atoms in total. The van der Waals surface area contributed by atoms with Gasteiger partial charge in [-0.1, -0.05) is 482 Å². The number of rotatable bonds is 8. The number of anilines is 2. The highest BCUT2D eigenvalue weighted by atomic mass is 79.9. The summed E-state index contributed by atoms with van der Waals surface area (Å²) in [6.45, 7) is 0. The summed E-state index contributed by atoms with van der Waals surface area (Å²) in [6, 6.07) is 168. The van der Waals surface area contributed by atoms with Gasteiger partial charge in [0.05, 0.1) is 0 Å². The number of fused-ring (bicyclic) bond motifs is 14. The number of nitrogens with two attached hydrogens (primary N) is 2. The summed E-state index contributed by atoms with van der Waals surface area (Å²) in [5.74, 6) is 0. The Morgan fingerprint density at radius 3 is 0.807 bits per heavy atom. The molecule has 26 aromatic carbocycles. The average molecular weight is 2120 g/mol. The third kappa shape index (κ3) is 18.0. The molecule has 0 aromatic heterocycles. The van der Waals surface area contributed by atoms with Gasteiger partial charge in [0, 0.05) is 50.1 Å². The fraction of sp³-hybridized carbons (Fsp3) is 0. The first-order valence-electron chi connectivity index (χ1n) is 46.3. The maximum Gasteiger partial charge on any atom is 0.489 e. The Morgan fingerprint density at radius 2 is 0.443 bits per heavy atom. The highest BCUT2D eigenvalue weighted by Crippen LogP contribution is 2.51. The van der Waals surface area contributed by atoms with Gasteiger partial charge in [0.1, 0.15) is 6.29 Å². The Kier molecular flexibility index (Phi) is 26.5. The second-order valence-corrected chi connectivity index (χ2v) is 38.9. The highest BCUT2D eigenvalue weighted by Gasteiger charge is 2.24. The number of nitrogen functional groups attached to an aromatic ring is 2. The Bertz CT molecular complexity index is 9010. The zero-order valence-corrected chi connectivity index (χ0v) is 83.5. The van der Waals surface area contributed by atoms with Crippen LogP contribution in [0.4, 0.5) is 11.4 Å². The predicted molar refractivity (Wildman–Crippen MR) is 619 cm³/mol. The number of benzene rings is 26. The van der Waals surface area contributed by atoms with Crippen molar-refractivity contribution in [3.63, 3.8) is 0 Å². The van der Waals surface area contributed by atoms with Gasteiger partial charge in [0.25, 0.3) is 0 Å². The minimum Gasteiger partial charge on any atom is -0.423 e. The van der Waals surface area contributed by atoms with Crippen molar-refractivity contribution in [2.24, 2.45) is 0 Å². The molecule has 0 fully saturated rings. The summed E-state index contributed by atoms with van der Waals surface area (Å²) in [5, 5.41) is 52.3. The fourth-order valence-electron chi connectivity index (χ4n) is 20.0. The van der Waals surface area contributed by atoms with Crippen molar-refractivity contribution >= 4 is 261 Å². The number of hydrogen-bond donors (Lipinski definition) is 4. The molecule has 0 unspecified atom stereocenters. The van der Waals surface area contributed by atoms with E-state index in [0.717, 1.165) is 68.2 Å². The van der Waals surface area contributed by atoms with E-state index in [1.807, 2.05) is 97.1 Å². The first kappa shape index (κ1) is 91.4. The van der Waals surface area contributed by atoms with Crippen molar-refractivity contribution < 1.29 is 14.8 Å². The monoisotopic (exact) mass is 2120 g/mol. The van der Waals surface area contributed by atoms with Crippen molar-refractivity contribution in [3.05, 3.63) is 507 Å². The van der Waals surface area contributed by atoms with Crippen molar-refractivity contribution in [2.75, 3.05) is 11.5 Å². The molecule has 0 amide bonds. The number of carbonyl (C=O) groups is 1. The summed E-state index contributed by atoms with van der Waals surface area (Å²) >= 11 is 18.0. The van der Waals surface area contributed by atoms with Crippen LogP contribution < -0.4 is 16.9 Å². The van der Waals surface area contributed by atoms with Gasteiger partial charge < -0.3 is 21.5 Å². The van der Waals surface area contributed by atoms with E-state index in [1.165, 1.54) is 189 Å². The molecule has 0 aliphatic heterocycles. The third-order valence-electron chi connectivity index (χ3n) is 26.5. The van der Waals surface area contributed by atoms with E-state index in [4.69, 9.17) is 21.5 Å². The second kappa shape index (κ2) is 40.6. The SMILES string of the molecule is Brc1c2ccccc2c(-c2ccc3ccccc3c2)c2ccccc12.Brc1cccc2c(-c3c4ccccc4c(-c4ccc5ccccc5c4)c4ccccc34)cccc12.Brc1cccc2c(Br)cccc12.Nc1cccc2c(N)cccc12.O=Cc1cccc(-c2cccc3c(-c4c5ccccc5c(-c5ccc6ccccc6c5)c5ccccc45)cccc23)c1.OB(O)c1cccc2c(Br)cccc12. The summed E-state index contributed by atoms with van der Waals surface area (Å²) in [6.07, 6.45) is 0.912. The molecule has 0 atom stereocenters. The molecule has 0 aliphatic rings. The molecular weight excluding hydrogens is 2040 g/mol. The smallest absolute Gasteiger partial charge is 0.423 e. The van der Waals surface area contributed by atoms with Gasteiger partial charge in [-0.25, -0.2) is 0 Å². The van der Waals surface area contributed by atoms with Crippen LogP contribution in [0.1, 0.15) is 10.4 Å². The van der Waals surface area contributed by atoms with Gasteiger partial charge in [-0.3, -0.25) is 4.79 Å². The van der Waals surface area contributed by atoms with Crippen LogP contribution in [-0.4, -0.2) is 23.5 Å². The van der Waals surface area contributed by atoms with E-state index in [1.54, 1.807) is 6.07 Å². The van der Waals surface area contributed by atoms with Crippen LogP contribution >= 0.6 is 79.6 Å². The van der Waals surface area contributed by atoms with Crippen LogP contribution in [0, 0.1) is 0 Å². The normalized spacial score (nSPS) is 11.2. The number of hydrogen-bond acceptors (Lipinski definition) is 5. The lowest BCUT2D eigenvalue weighted by Gasteiger charge is -2.19. The first-order valence-corrected chi connectivity index (χ1v) is 50.2. The van der Waals surface area contributed by atoms with Crippen LogP contribution in [0.25, 0.3) is 218 Å². The Balaban J connectivity index is 0.000000107. The molecular formula is C129H86BBr5N2O3. The molecule has 11 heteroatoms. The van der Waals surface area contributed by atoms with E-state index in [-0.39, 0.29) is 0 Å². The summed E-state index contributed by atoms with van der Waals surface area (Å²) < 4.78 is 5.53. The molecule has 0 spiro atoms. The van der Waals surface area contributed by atoms with Crippen LogP contribution in [0.2, 0.25) is 0 Å². The van der Waals surface area contributed by atoms with Gasteiger partial charge in [-0.15, -0.1) is 0 Å². The topological polar surface area (TPSA) is 110 Å². The van der Waals surface area contributed by atoms with Gasteiger partial charge in [-0.2, -0.15) is 0 Å². The highest BCUT2D eigenvalue weighted by molar-refractivity contribution is 9.11. The Labute approximate surface area is 853 Å². The van der Waals surface area contributed by atoms with E-state index in [0.29, 0.717) is 11.0 Å². The molecule has 0 saturated carbocycles. The van der Waals surface area contributed by atoms with Crippen molar-refractivity contribution in [1.82, 2.24) is 0 Å². The van der Waals surface area contributed by atoms with Crippen LogP contribution in [0.5, 0.6) is 0 Å². The molecule has 0 aliphatic carbocycles. The van der Waals surface area contributed by atoms with Gasteiger partial charge in [-0.05, 0) is 289 Å². The zero-order chi connectivity index (χ0) is 95.4. The van der Waals surface area contributed by atoms with Gasteiger partial charge in [0.2, 0.25) is 0 Å². The molecule has 0 bridgehead atoms. The predicted octanol–water partition coefficient (Wildman–Crippen LogP) is 36.7.